The van der Waals surface area contributed by atoms with Crippen LogP contribution < -0.4 is 16.0 Å². The Hall–Kier alpha value is -1.75. The minimum atomic E-state index is -0.479. The lowest BCUT2D eigenvalue weighted by molar-refractivity contribution is 0.100. The van der Waals surface area contributed by atoms with Gasteiger partial charge in [0.05, 0.1) is 16.8 Å². The van der Waals surface area contributed by atoms with E-state index >= 15 is 0 Å². The summed E-state index contributed by atoms with van der Waals surface area (Å²) in [4.78, 5) is 13.5. The van der Waals surface area contributed by atoms with Crippen LogP contribution in [-0.4, -0.2) is 25.5 Å². The lowest BCUT2D eigenvalue weighted by atomic mass is 10.0. The maximum atomic E-state index is 11.3. The van der Waals surface area contributed by atoms with Gasteiger partial charge in [0.15, 0.2) is 0 Å². The topological polar surface area (TPSA) is 58.4 Å². The number of carbonyl (C=O) groups is 1. The highest BCUT2D eigenvalue weighted by atomic mass is 35.5. The van der Waals surface area contributed by atoms with Crippen molar-refractivity contribution in [1.82, 2.24) is 5.32 Å². The van der Waals surface area contributed by atoms with Gasteiger partial charge in [-0.15, -0.1) is 0 Å². The van der Waals surface area contributed by atoms with Gasteiger partial charge >= 0.3 is 0 Å². The summed E-state index contributed by atoms with van der Waals surface area (Å²) in [6.07, 6.45) is 0. The van der Waals surface area contributed by atoms with Crippen LogP contribution in [0, 0.1) is 0 Å². The number of nitrogens with one attached hydrogen (secondary N) is 1. The molecule has 1 atom stereocenters. The van der Waals surface area contributed by atoms with E-state index < -0.39 is 5.91 Å². The summed E-state index contributed by atoms with van der Waals surface area (Å²) in [6.45, 7) is 2.51. The molecule has 1 amide bonds. The second-order valence-electron chi connectivity index (χ2n) is 5.50. The molecule has 1 heterocycles. The molecule has 3 N–H and O–H groups in total. The van der Waals surface area contributed by atoms with Crippen LogP contribution in [0.4, 0.5) is 5.69 Å². The predicted octanol–water partition coefficient (Wildman–Crippen LogP) is 3.24. The van der Waals surface area contributed by atoms with Crippen molar-refractivity contribution >= 4 is 34.8 Å². The molecule has 120 valence electrons. The van der Waals surface area contributed by atoms with Gasteiger partial charge in [0.2, 0.25) is 5.91 Å². The molecule has 4 nitrogen and oxygen atoms in total. The van der Waals surface area contributed by atoms with Gasteiger partial charge in [-0.1, -0.05) is 35.3 Å². The molecule has 23 heavy (non-hydrogen) atoms. The monoisotopic (exact) mass is 349 g/mol. The Bertz CT molecular complexity index is 718. The number of benzene rings is 2. The summed E-state index contributed by atoms with van der Waals surface area (Å²) < 4.78 is 0. The molecule has 0 spiro atoms. The number of anilines is 1. The molecule has 0 bridgehead atoms. The molecule has 6 heteroatoms. The summed E-state index contributed by atoms with van der Waals surface area (Å²) in [5.41, 5.74) is 7.79. The van der Waals surface area contributed by atoms with Gasteiger partial charge in [0.1, 0.15) is 0 Å². The average Bonchev–Trinajstić information content (AvgIpc) is 2.55. The molecule has 0 aliphatic carbocycles. The fraction of sp³-hybridized carbons (Fsp3) is 0.235. The molecule has 1 saturated heterocycles. The van der Waals surface area contributed by atoms with Crippen LogP contribution in [0.15, 0.2) is 42.5 Å². The first-order valence-electron chi connectivity index (χ1n) is 7.38. The molecule has 1 fully saturated rings. The zero-order valence-corrected chi connectivity index (χ0v) is 13.9. The molecule has 1 aliphatic heterocycles. The van der Waals surface area contributed by atoms with Crippen molar-refractivity contribution in [3.05, 3.63) is 63.6 Å². The second-order valence-corrected chi connectivity index (χ2v) is 6.34. The Balaban J connectivity index is 1.95. The van der Waals surface area contributed by atoms with E-state index in [2.05, 4.69) is 10.2 Å². The number of nitrogens with two attached hydrogens (primary N) is 1. The van der Waals surface area contributed by atoms with Crippen molar-refractivity contribution in [3.63, 3.8) is 0 Å². The number of nitrogens with zero attached hydrogens (tertiary/aromatic N) is 1. The Morgan fingerprint density at radius 1 is 1.17 bits per heavy atom. The fourth-order valence-corrected chi connectivity index (χ4v) is 3.28. The van der Waals surface area contributed by atoms with Gasteiger partial charge in [-0.25, -0.2) is 0 Å². The minimum Gasteiger partial charge on any atom is -0.366 e. The Labute approximate surface area is 145 Å². The van der Waals surface area contributed by atoms with Crippen molar-refractivity contribution in [2.24, 2.45) is 5.73 Å². The molecule has 0 saturated carbocycles. The molecular weight excluding hydrogens is 333 g/mol. The van der Waals surface area contributed by atoms with Crippen molar-refractivity contribution in [2.75, 3.05) is 24.5 Å². The molecule has 0 radical (unpaired) electrons. The van der Waals surface area contributed by atoms with Crippen molar-refractivity contribution < 1.29 is 4.79 Å². The van der Waals surface area contributed by atoms with Crippen LogP contribution in [0.5, 0.6) is 0 Å². The van der Waals surface area contributed by atoms with E-state index in [4.69, 9.17) is 28.9 Å². The van der Waals surface area contributed by atoms with Gasteiger partial charge in [-0.2, -0.15) is 0 Å². The van der Waals surface area contributed by atoms with Crippen LogP contribution >= 0.6 is 23.2 Å². The quantitative estimate of drug-likeness (QED) is 0.894. The van der Waals surface area contributed by atoms with Gasteiger partial charge in [-0.3, -0.25) is 4.79 Å². The van der Waals surface area contributed by atoms with Gasteiger partial charge in [0.25, 0.3) is 0 Å². The predicted molar refractivity (Wildman–Crippen MR) is 94.4 cm³/mol. The first kappa shape index (κ1) is 16.1. The second kappa shape index (κ2) is 6.79. The van der Waals surface area contributed by atoms with Crippen LogP contribution in [0.1, 0.15) is 22.0 Å². The Morgan fingerprint density at radius 2 is 1.91 bits per heavy atom. The van der Waals surface area contributed by atoms with Gasteiger partial charge in [0, 0.05) is 30.2 Å². The van der Waals surface area contributed by atoms with Crippen molar-refractivity contribution in [1.29, 1.82) is 0 Å². The minimum absolute atomic E-state index is 0.151. The van der Waals surface area contributed by atoms with Gasteiger partial charge in [-0.05, 0) is 35.9 Å². The molecule has 2 aromatic carbocycles. The summed E-state index contributed by atoms with van der Waals surface area (Å²) in [7, 11) is 0. The molecule has 0 unspecified atom stereocenters. The SMILES string of the molecule is NC(=O)c1ccc(N2CCNC[C@H]2c2ccc(Cl)cc2)c(Cl)c1. The van der Waals surface area contributed by atoms with E-state index in [-0.39, 0.29) is 6.04 Å². The summed E-state index contributed by atoms with van der Waals surface area (Å²) in [6, 6.07) is 13.2. The number of piperazine rings is 1. The first-order chi connectivity index (χ1) is 11.1. The fourth-order valence-electron chi connectivity index (χ4n) is 2.87. The number of amides is 1. The van der Waals surface area contributed by atoms with Crippen LogP contribution in [0.3, 0.4) is 0 Å². The zero-order chi connectivity index (χ0) is 16.4. The van der Waals surface area contributed by atoms with E-state index in [0.29, 0.717) is 15.6 Å². The molecular formula is C17H17Cl2N3O. The number of hydrogen-bond donors (Lipinski definition) is 2. The number of hydrogen-bond acceptors (Lipinski definition) is 3. The Kier molecular flexibility index (Phi) is 4.76. The van der Waals surface area contributed by atoms with E-state index in [1.807, 2.05) is 30.3 Å². The third kappa shape index (κ3) is 3.44. The van der Waals surface area contributed by atoms with Crippen molar-refractivity contribution in [3.8, 4) is 0 Å². The molecule has 2 aromatic rings. The maximum absolute atomic E-state index is 11.3. The lowest BCUT2D eigenvalue weighted by Crippen LogP contribution is -2.46. The number of primary amides is 1. The lowest BCUT2D eigenvalue weighted by Gasteiger charge is -2.39. The normalized spacial score (nSPS) is 18.0. The van der Waals surface area contributed by atoms with Crippen LogP contribution in [-0.2, 0) is 0 Å². The number of carbonyl (C=O) groups excluding carboxylic acids is 1. The standard InChI is InChI=1S/C17H17Cl2N3O/c18-13-4-1-11(2-5-13)16-10-21-7-8-22(16)15-6-3-12(17(20)23)9-14(15)19/h1-6,9,16,21H,7-8,10H2,(H2,20,23)/t16-/m0/s1. The van der Waals surface area contributed by atoms with E-state index in [1.54, 1.807) is 12.1 Å². The maximum Gasteiger partial charge on any atom is 0.248 e. The molecule has 3 rings (SSSR count). The summed E-state index contributed by atoms with van der Waals surface area (Å²) in [5.74, 6) is -0.479. The number of halogens is 2. The van der Waals surface area contributed by atoms with Crippen LogP contribution in [0.2, 0.25) is 10.0 Å². The van der Waals surface area contributed by atoms with Crippen molar-refractivity contribution in [2.45, 2.75) is 6.04 Å². The highest BCUT2D eigenvalue weighted by molar-refractivity contribution is 6.33. The Morgan fingerprint density at radius 3 is 2.57 bits per heavy atom. The highest BCUT2D eigenvalue weighted by Gasteiger charge is 2.25. The third-order valence-electron chi connectivity index (χ3n) is 4.04. The largest absolute Gasteiger partial charge is 0.366 e. The average molecular weight is 350 g/mol. The van der Waals surface area contributed by atoms with E-state index in [0.717, 1.165) is 30.9 Å². The summed E-state index contributed by atoms with van der Waals surface area (Å²) in [5, 5.41) is 4.65. The van der Waals surface area contributed by atoms with E-state index in [1.165, 1.54) is 0 Å². The smallest absolute Gasteiger partial charge is 0.248 e. The van der Waals surface area contributed by atoms with Gasteiger partial charge < -0.3 is 16.0 Å². The molecule has 0 aromatic heterocycles. The van der Waals surface area contributed by atoms with Crippen LogP contribution in [0.25, 0.3) is 0 Å². The molecule has 1 aliphatic rings. The highest BCUT2D eigenvalue weighted by Crippen LogP contribution is 2.34. The zero-order valence-electron chi connectivity index (χ0n) is 12.4. The number of rotatable bonds is 3. The van der Waals surface area contributed by atoms with E-state index in [9.17, 15) is 4.79 Å². The first-order valence-corrected chi connectivity index (χ1v) is 8.14. The third-order valence-corrected chi connectivity index (χ3v) is 4.59. The summed E-state index contributed by atoms with van der Waals surface area (Å²) >= 11 is 12.4.